The zero-order chi connectivity index (χ0) is 43.9. The van der Waals surface area contributed by atoms with Crippen LogP contribution in [0.3, 0.4) is 0 Å². The van der Waals surface area contributed by atoms with E-state index in [1.807, 2.05) is 0 Å². The van der Waals surface area contributed by atoms with Crippen molar-refractivity contribution >= 4 is 17.9 Å². The Labute approximate surface area is 328 Å². The number of carboxylic acid groups (broad SMARTS) is 3. The fourth-order valence-electron chi connectivity index (χ4n) is 6.94. The summed E-state index contributed by atoms with van der Waals surface area (Å²) in [5.41, 5.74) is 0. The molecule has 0 aliphatic carbocycles. The van der Waals surface area contributed by atoms with Crippen LogP contribution in [-0.4, -0.2) is 271 Å². The van der Waals surface area contributed by atoms with Gasteiger partial charge in [0.25, 0.3) is 0 Å². The van der Waals surface area contributed by atoms with Crippen molar-refractivity contribution in [3.05, 3.63) is 0 Å². The number of carbonyl (C=O) groups is 3. The molecule has 29 heteroatoms. The van der Waals surface area contributed by atoms with Crippen LogP contribution in [0, 0.1) is 0 Å². The highest BCUT2D eigenvalue weighted by atomic mass is 16.8. The maximum absolute atomic E-state index is 12.7. The lowest BCUT2D eigenvalue weighted by Gasteiger charge is -2.50. The van der Waals surface area contributed by atoms with Crippen LogP contribution in [0.5, 0.6) is 0 Å². The number of hydrogen-bond acceptors (Lipinski definition) is 26. The highest BCUT2D eigenvalue weighted by Gasteiger charge is 2.59. The molecule has 5 aliphatic heterocycles. The molecule has 0 aromatic carbocycles. The highest BCUT2D eigenvalue weighted by Crippen LogP contribution is 2.37. The van der Waals surface area contributed by atoms with E-state index in [9.17, 15) is 101 Å². The maximum Gasteiger partial charge on any atom is 0.335 e. The molecule has 0 bridgehead atoms. The third kappa shape index (κ3) is 9.47. The largest absolute Gasteiger partial charge is 0.479 e. The Morgan fingerprint density at radius 1 is 0.356 bits per heavy atom. The summed E-state index contributed by atoms with van der Waals surface area (Å²) >= 11 is 0. The predicted molar refractivity (Wildman–Crippen MR) is 168 cm³/mol. The van der Waals surface area contributed by atoms with E-state index in [-0.39, 0.29) is 0 Å². The van der Waals surface area contributed by atoms with Gasteiger partial charge in [-0.15, -0.1) is 0 Å². The lowest BCUT2D eigenvalue weighted by atomic mass is 9.94. The number of aliphatic hydroxyl groups excluding tert-OH is 14. The zero-order valence-electron chi connectivity index (χ0n) is 29.8. The first kappa shape index (κ1) is 47.5. The van der Waals surface area contributed by atoms with Gasteiger partial charge in [0.2, 0.25) is 0 Å². The third-order valence-electron chi connectivity index (χ3n) is 10.2. The second-order valence-electron chi connectivity index (χ2n) is 14.1. The minimum absolute atomic E-state index is 1.01. The summed E-state index contributed by atoms with van der Waals surface area (Å²) < 4.78 is 47.9. The predicted octanol–water partition coefficient (Wildman–Crippen LogP) is -11.6. The summed E-state index contributed by atoms with van der Waals surface area (Å²) in [4.78, 5) is 36.7. The van der Waals surface area contributed by atoms with Crippen molar-refractivity contribution in [2.24, 2.45) is 0 Å². The number of aliphatic hydroxyl groups is 14. The molecule has 5 heterocycles. The van der Waals surface area contributed by atoms with Crippen LogP contribution in [0.4, 0.5) is 0 Å². The molecule has 25 atom stereocenters. The number of ether oxygens (including phenoxy) is 9. The summed E-state index contributed by atoms with van der Waals surface area (Å²) in [5, 5.41) is 175. The first-order valence-corrected chi connectivity index (χ1v) is 17.6. The number of aliphatic carboxylic acids is 3. The van der Waals surface area contributed by atoms with Crippen molar-refractivity contribution in [1.29, 1.82) is 0 Å². The molecule has 59 heavy (non-hydrogen) atoms. The monoisotopic (exact) mass is 870 g/mol. The minimum Gasteiger partial charge on any atom is -0.479 e. The van der Waals surface area contributed by atoms with Crippen molar-refractivity contribution in [3.63, 3.8) is 0 Å². The van der Waals surface area contributed by atoms with E-state index in [0.717, 1.165) is 0 Å². The lowest BCUT2D eigenvalue weighted by Crippen LogP contribution is -2.69. The van der Waals surface area contributed by atoms with Gasteiger partial charge in [-0.3, -0.25) is 0 Å². The van der Waals surface area contributed by atoms with Gasteiger partial charge >= 0.3 is 17.9 Å². The molecule has 0 aromatic heterocycles. The van der Waals surface area contributed by atoms with Crippen molar-refractivity contribution in [2.45, 2.75) is 154 Å². The Morgan fingerprint density at radius 3 is 1.27 bits per heavy atom. The molecule has 5 fully saturated rings. The molecule has 0 aromatic rings. The molecular weight excluding hydrogens is 824 g/mol. The van der Waals surface area contributed by atoms with E-state index in [1.54, 1.807) is 0 Å². The van der Waals surface area contributed by atoms with E-state index in [0.29, 0.717) is 0 Å². The van der Waals surface area contributed by atoms with Crippen molar-refractivity contribution in [1.82, 2.24) is 0 Å². The van der Waals surface area contributed by atoms with E-state index in [2.05, 4.69) is 0 Å². The standard InChI is InChI=1S/C30H46O29/c31-1-3-5(33)6(34)12(40)27(52-3)57-20-18(15(43)30(59-22(20)25(48)49)53-16-4(2-32)51-26(50)11(39)9(16)37)55-29-14(42)10(38)17(21(58-29)24(46)47)54-28-13(41)7(35)8(36)19(56-28)23(44)45/h3-22,26-43,50H,1-2H2,(H,44,45)(H,46,47)(H,48,49)/t3-,4-,5-,6+,7+,8+,9-,10-,11-,12-,13-,14-,15-,16+,17+,18-,19+,20-,21+,22+,26-,27+,28-,29-,30+/m1/s1. The highest BCUT2D eigenvalue weighted by molar-refractivity contribution is 5.74. The van der Waals surface area contributed by atoms with Gasteiger partial charge < -0.3 is 129 Å². The van der Waals surface area contributed by atoms with Gasteiger partial charge in [-0.1, -0.05) is 0 Å². The molecule has 29 nitrogen and oxygen atoms in total. The molecule has 0 amide bonds. The molecule has 0 radical (unpaired) electrons. The summed E-state index contributed by atoms with van der Waals surface area (Å²) in [7, 11) is 0. The molecule has 5 saturated heterocycles. The fourth-order valence-corrected chi connectivity index (χ4v) is 6.94. The Hall–Kier alpha value is -2.51. The summed E-state index contributed by atoms with van der Waals surface area (Å²) in [5.74, 6) is -5.89. The van der Waals surface area contributed by atoms with Crippen molar-refractivity contribution < 1.29 is 144 Å². The summed E-state index contributed by atoms with van der Waals surface area (Å²) in [6.07, 6.45) is -56.1. The SMILES string of the molecule is O=C(O)[C@H]1O[C@@H](O[C@H]2[C@H](O)[C@@H](O)[C@H](O[C@@H]3[C@@H](O)[C@@H](O[C@@H]4[C@H](O)[C@@H](O)[C@H](O)O[C@@H]4CO)O[C@H](C(=O)O)[C@@H]3O[C@@H]3O[C@H](CO)[C@@H](O)[C@H](O)[C@H]3O)O[C@@H]2C(=O)O)[C@H](O)[C@@H](O)[C@@H]1O. The number of hydrogen-bond donors (Lipinski definition) is 17. The average molecular weight is 871 g/mol. The smallest absolute Gasteiger partial charge is 0.335 e. The zero-order valence-corrected chi connectivity index (χ0v) is 29.8. The summed E-state index contributed by atoms with van der Waals surface area (Å²) in [6, 6.07) is 0. The van der Waals surface area contributed by atoms with Crippen LogP contribution in [-0.2, 0) is 57.0 Å². The van der Waals surface area contributed by atoms with E-state index < -0.39 is 185 Å². The number of carboxylic acids is 3. The van der Waals surface area contributed by atoms with Crippen molar-refractivity contribution in [3.8, 4) is 0 Å². The molecule has 340 valence electrons. The van der Waals surface area contributed by atoms with Gasteiger partial charge in [0.15, 0.2) is 49.8 Å². The molecule has 5 rings (SSSR count). The summed E-state index contributed by atoms with van der Waals surface area (Å²) in [6.45, 7) is -2.04. The van der Waals surface area contributed by atoms with Crippen LogP contribution < -0.4 is 0 Å². The molecule has 5 aliphatic rings. The first-order valence-electron chi connectivity index (χ1n) is 17.6. The van der Waals surface area contributed by atoms with Crippen LogP contribution in [0.25, 0.3) is 0 Å². The van der Waals surface area contributed by atoms with Crippen LogP contribution in [0.2, 0.25) is 0 Å². The van der Waals surface area contributed by atoms with Crippen LogP contribution in [0.15, 0.2) is 0 Å². The fraction of sp³-hybridized carbons (Fsp3) is 0.900. The minimum atomic E-state index is -2.53. The van der Waals surface area contributed by atoms with Gasteiger partial charge in [-0.2, -0.15) is 0 Å². The second kappa shape index (κ2) is 19.3. The molecule has 0 unspecified atom stereocenters. The van der Waals surface area contributed by atoms with Crippen LogP contribution >= 0.6 is 0 Å². The third-order valence-corrected chi connectivity index (χ3v) is 10.2. The van der Waals surface area contributed by atoms with Gasteiger partial charge in [0.05, 0.1) is 13.2 Å². The van der Waals surface area contributed by atoms with E-state index in [1.165, 1.54) is 0 Å². The van der Waals surface area contributed by atoms with Gasteiger partial charge in [0, 0.05) is 0 Å². The molecule has 0 saturated carbocycles. The average Bonchev–Trinajstić information content (AvgIpc) is 3.19. The van der Waals surface area contributed by atoms with Gasteiger partial charge in [0.1, 0.15) is 104 Å². The Bertz CT molecular complexity index is 1440. The molecular formula is C30H46O29. The van der Waals surface area contributed by atoms with E-state index >= 15 is 0 Å². The number of rotatable bonds is 13. The Kier molecular flexibility index (Phi) is 15.5. The first-order chi connectivity index (χ1) is 27.6. The second-order valence-corrected chi connectivity index (χ2v) is 14.1. The topological polar surface area (TPSA) is 478 Å². The quantitative estimate of drug-likeness (QED) is 0.0817. The van der Waals surface area contributed by atoms with Gasteiger partial charge in [-0.25, -0.2) is 14.4 Å². The normalized spacial score (nSPS) is 50.8. The maximum atomic E-state index is 12.7. The van der Waals surface area contributed by atoms with Crippen molar-refractivity contribution in [2.75, 3.05) is 13.2 Å². The van der Waals surface area contributed by atoms with Gasteiger partial charge in [-0.05, 0) is 0 Å². The Morgan fingerprint density at radius 2 is 0.746 bits per heavy atom. The lowest BCUT2D eigenvalue weighted by molar-refractivity contribution is -0.397. The van der Waals surface area contributed by atoms with Crippen LogP contribution in [0.1, 0.15) is 0 Å². The van der Waals surface area contributed by atoms with E-state index in [4.69, 9.17) is 42.6 Å². The Balaban J connectivity index is 1.47. The molecule has 17 N–H and O–H groups in total. The molecule has 0 spiro atoms.